The molecule has 1 aromatic carbocycles. The zero-order valence-corrected chi connectivity index (χ0v) is 13.7. The summed E-state index contributed by atoms with van der Waals surface area (Å²) in [4.78, 5) is 14.2. The van der Waals surface area contributed by atoms with Crippen molar-refractivity contribution in [2.24, 2.45) is 5.92 Å². The highest BCUT2D eigenvalue weighted by molar-refractivity contribution is 5.82. The third-order valence-corrected chi connectivity index (χ3v) is 3.86. The molecule has 1 aliphatic carbocycles. The summed E-state index contributed by atoms with van der Waals surface area (Å²) in [7, 11) is 5.68. The summed E-state index contributed by atoms with van der Waals surface area (Å²) in [6, 6.07) is 7.93. The van der Waals surface area contributed by atoms with Crippen molar-refractivity contribution >= 4 is 5.91 Å². The number of ether oxygens (including phenoxy) is 2. The monoisotopic (exact) mass is 306 g/mol. The molecule has 1 fully saturated rings. The van der Waals surface area contributed by atoms with Crippen molar-refractivity contribution in [2.45, 2.75) is 18.8 Å². The summed E-state index contributed by atoms with van der Waals surface area (Å²) in [5.74, 6) is 1.45. The maximum absolute atomic E-state index is 12.1. The van der Waals surface area contributed by atoms with E-state index in [1.807, 2.05) is 38.4 Å². The summed E-state index contributed by atoms with van der Waals surface area (Å²) in [6.07, 6.45) is 1.93. The molecule has 0 aromatic heterocycles. The minimum atomic E-state index is 0.130. The van der Waals surface area contributed by atoms with Crippen molar-refractivity contribution < 1.29 is 14.3 Å². The van der Waals surface area contributed by atoms with Crippen molar-refractivity contribution in [1.82, 2.24) is 10.2 Å². The molecule has 2 unspecified atom stereocenters. The molecule has 1 amide bonds. The molecule has 0 saturated heterocycles. The molecule has 1 N–H and O–H groups in total. The van der Waals surface area contributed by atoms with Gasteiger partial charge in [-0.3, -0.25) is 4.79 Å². The Morgan fingerprint density at radius 2 is 2.05 bits per heavy atom. The SMILES string of the molecule is COCOc1ccc(C2CC2C(=O)NCCCN(C)C)cc1. The first-order valence-electron chi connectivity index (χ1n) is 7.76. The predicted octanol–water partition coefficient (Wildman–Crippen LogP) is 1.84. The van der Waals surface area contributed by atoms with Crippen LogP contribution in [0.2, 0.25) is 0 Å². The molecule has 1 aromatic rings. The first-order valence-corrected chi connectivity index (χ1v) is 7.76. The molecule has 0 spiro atoms. The number of nitrogens with zero attached hydrogens (tertiary/aromatic N) is 1. The fourth-order valence-electron chi connectivity index (χ4n) is 2.53. The zero-order valence-electron chi connectivity index (χ0n) is 13.7. The van der Waals surface area contributed by atoms with Gasteiger partial charge in [-0.1, -0.05) is 12.1 Å². The van der Waals surface area contributed by atoms with Gasteiger partial charge in [0.2, 0.25) is 5.91 Å². The standard InChI is InChI=1S/C17H26N2O3/c1-19(2)10-4-9-18-17(20)16-11-15(16)13-5-7-14(8-6-13)22-12-21-3/h5-8,15-16H,4,9-12H2,1-3H3,(H,18,20). The van der Waals surface area contributed by atoms with Crippen LogP contribution in [-0.2, 0) is 9.53 Å². The van der Waals surface area contributed by atoms with Gasteiger partial charge in [-0.15, -0.1) is 0 Å². The third kappa shape index (κ3) is 5.00. The van der Waals surface area contributed by atoms with E-state index >= 15 is 0 Å². The van der Waals surface area contributed by atoms with Crippen LogP contribution < -0.4 is 10.1 Å². The lowest BCUT2D eigenvalue weighted by Gasteiger charge is -2.10. The minimum Gasteiger partial charge on any atom is -0.468 e. The molecule has 1 aliphatic rings. The normalized spacial score (nSPS) is 20.0. The highest BCUT2D eigenvalue weighted by Crippen LogP contribution is 2.47. The van der Waals surface area contributed by atoms with Crippen LogP contribution in [0, 0.1) is 5.92 Å². The number of nitrogens with one attached hydrogen (secondary N) is 1. The highest BCUT2D eigenvalue weighted by atomic mass is 16.7. The molecular formula is C17H26N2O3. The maximum atomic E-state index is 12.1. The lowest BCUT2D eigenvalue weighted by Crippen LogP contribution is -2.28. The lowest BCUT2D eigenvalue weighted by molar-refractivity contribution is -0.122. The topological polar surface area (TPSA) is 50.8 Å². The molecule has 5 heteroatoms. The maximum Gasteiger partial charge on any atom is 0.223 e. The number of carbonyl (C=O) groups excluding carboxylic acids is 1. The average Bonchev–Trinajstić information content (AvgIpc) is 3.30. The van der Waals surface area contributed by atoms with Gasteiger partial charge in [0.05, 0.1) is 0 Å². The van der Waals surface area contributed by atoms with Crippen LogP contribution in [0.15, 0.2) is 24.3 Å². The van der Waals surface area contributed by atoms with Gasteiger partial charge < -0.3 is 19.7 Å². The first-order chi connectivity index (χ1) is 10.6. The second-order valence-electron chi connectivity index (χ2n) is 6.02. The molecule has 0 radical (unpaired) electrons. The van der Waals surface area contributed by atoms with Crippen molar-refractivity contribution in [3.8, 4) is 5.75 Å². The van der Waals surface area contributed by atoms with Crippen LogP contribution in [0.25, 0.3) is 0 Å². The third-order valence-electron chi connectivity index (χ3n) is 3.86. The van der Waals surface area contributed by atoms with Crippen LogP contribution in [0.1, 0.15) is 24.3 Å². The Bertz CT molecular complexity index is 473. The molecular weight excluding hydrogens is 280 g/mol. The van der Waals surface area contributed by atoms with Gasteiger partial charge in [0, 0.05) is 19.6 Å². The second-order valence-corrected chi connectivity index (χ2v) is 6.02. The molecule has 5 nitrogen and oxygen atoms in total. The van der Waals surface area contributed by atoms with Crippen molar-refractivity contribution in [1.29, 1.82) is 0 Å². The molecule has 1 saturated carbocycles. The molecule has 2 atom stereocenters. The van der Waals surface area contributed by atoms with E-state index < -0.39 is 0 Å². The Labute approximate surface area is 132 Å². The second kappa shape index (κ2) is 8.15. The fourth-order valence-corrected chi connectivity index (χ4v) is 2.53. The van der Waals surface area contributed by atoms with E-state index in [1.54, 1.807) is 7.11 Å². The van der Waals surface area contributed by atoms with Gasteiger partial charge >= 0.3 is 0 Å². The van der Waals surface area contributed by atoms with E-state index in [4.69, 9.17) is 9.47 Å². The van der Waals surface area contributed by atoms with Crippen LogP contribution >= 0.6 is 0 Å². The van der Waals surface area contributed by atoms with Crippen molar-refractivity contribution in [2.75, 3.05) is 41.1 Å². The Hall–Kier alpha value is -1.59. The van der Waals surface area contributed by atoms with Crippen molar-refractivity contribution in [3.05, 3.63) is 29.8 Å². The van der Waals surface area contributed by atoms with Gasteiger partial charge in [-0.05, 0) is 57.1 Å². The average molecular weight is 306 g/mol. The van der Waals surface area contributed by atoms with Gasteiger partial charge in [0.15, 0.2) is 6.79 Å². The smallest absolute Gasteiger partial charge is 0.223 e. The summed E-state index contributed by atoms with van der Waals surface area (Å²) in [5.41, 5.74) is 1.21. The van der Waals surface area contributed by atoms with Crippen LogP contribution in [0.3, 0.4) is 0 Å². The highest BCUT2D eigenvalue weighted by Gasteiger charge is 2.43. The van der Waals surface area contributed by atoms with Crippen molar-refractivity contribution in [3.63, 3.8) is 0 Å². The molecule has 122 valence electrons. The number of amides is 1. The Balaban J connectivity index is 1.73. The van der Waals surface area contributed by atoms with E-state index in [0.29, 0.717) is 5.92 Å². The molecule has 0 bridgehead atoms. The van der Waals surface area contributed by atoms with E-state index in [0.717, 1.165) is 31.7 Å². The van der Waals surface area contributed by atoms with E-state index in [2.05, 4.69) is 10.2 Å². The number of hydrogen-bond acceptors (Lipinski definition) is 4. The summed E-state index contributed by atoms with van der Waals surface area (Å²) in [6.45, 7) is 2.00. The number of benzene rings is 1. The van der Waals surface area contributed by atoms with Gasteiger partial charge in [0.25, 0.3) is 0 Å². The largest absolute Gasteiger partial charge is 0.468 e. The van der Waals surface area contributed by atoms with E-state index in [-0.39, 0.29) is 18.6 Å². The summed E-state index contributed by atoms with van der Waals surface area (Å²) < 4.78 is 10.2. The van der Waals surface area contributed by atoms with Gasteiger partial charge in [0.1, 0.15) is 5.75 Å². The Morgan fingerprint density at radius 3 is 2.68 bits per heavy atom. The first kappa shape index (κ1) is 16.8. The summed E-state index contributed by atoms with van der Waals surface area (Å²) >= 11 is 0. The van der Waals surface area contributed by atoms with Gasteiger partial charge in [-0.2, -0.15) is 0 Å². The number of hydrogen-bond donors (Lipinski definition) is 1. The van der Waals surface area contributed by atoms with Crippen LogP contribution in [0.4, 0.5) is 0 Å². The number of rotatable bonds is 9. The zero-order chi connectivity index (χ0) is 15.9. The fraction of sp³-hybridized carbons (Fsp3) is 0.588. The van der Waals surface area contributed by atoms with Gasteiger partial charge in [-0.25, -0.2) is 0 Å². The summed E-state index contributed by atoms with van der Waals surface area (Å²) in [5, 5.41) is 3.03. The number of methoxy groups -OCH3 is 1. The van der Waals surface area contributed by atoms with Crippen LogP contribution in [0.5, 0.6) is 5.75 Å². The predicted molar refractivity (Wildman–Crippen MR) is 86.0 cm³/mol. The lowest BCUT2D eigenvalue weighted by atomic mass is 10.1. The molecule has 0 heterocycles. The molecule has 0 aliphatic heterocycles. The molecule has 2 rings (SSSR count). The van der Waals surface area contributed by atoms with Crippen LogP contribution in [-0.4, -0.2) is 51.9 Å². The number of carbonyl (C=O) groups is 1. The quantitative estimate of drug-likeness (QED) is 0.559. The Morgan fingerprint density at radius 1 is 1.32 bits per heavy atom. The van der Waals surface area contributed by atoms with E-state index in [9.17, 15) is 4.79 Å². The Kier molecular flexibility index (Phi) is 6.21. The molecule has 22 heavy (non-hydrogen) atoms. The minimum absolute atomic E-state index is 0.130. The van der Waals surface area contributed by atoms with E-state index in [1.165, 1.54) is 5.56 Å².